The van der Waals surface area contributed by atoms with Crippen LogP contribution in [0.25, 0.3) is 5.00 Å². The second-order valence-corrected chi connectivity index (χ2v) is 9.38. The maximum atomic E-state index is 11.9. The molecule has 0 spiro atoms. The van der Waals surface area contributed by atoms with Gasteiger partial charge in [0.1, 0.15) is 10.3 Å². The molecule has 26 heavy (non-hydrogen) atoms. The van der Waals surface area contributed by atoms with Crippen LogP contribution in [-0.2, 0) is 4.79 Å². The molecule has 2 aliphatic rings. The number of aromatic nitrogens is 3. The number of allylic oxidation sites excluding steroid dienone is 3. The maximum absolute atomic E-state index is 11.9. The van der Waals surface area contributed by atoms with Crippen molar-refractivity contribution in [2.24, 2.45) is 0 Å². The lowest BCUT2D eigenvalue weighted by Gasteiger charge is -2.17. The highest BCUT2D eigenvalue weighted by Gasteiger charge is 2.30. The zero-order valence-electron chi connectivity index (χ0n) is 14.2. The lowest BCUT2D eigenvalue weighted by Crippen LogP contribution is -2.20. The smallest absolute Gasteiger partial charge is 0.321 e. The number of aryl methyl sites for hydroxylation is 1. The number of carboxylic acids is 1. The van der Waals surface area contributed by atoms with E-state index < -0.39 is 11.2 Å². The predicted octanol–water partition coefficient (Wildman–Crippen LogP) is 5.10. The van der Waals surface area contributed by atoms with Gasteiger partial charge in [0.2, 0.25) is 4.73 Å². The van der Waals surface area contributed by atoms with Crippen molar-refractivity contribution in [1.82, 2.24) is 14.8 Å². The number of halogens is 1. The number of hydrogen-bond donors (Lipinski definition) is 1. The number of rotatable bonds is 6. The van der Waals surface area contributed by atoms with E-state index in [0.29, 0.717) is 15.8 Å². The standard InChI is InChI=1S/C18H18BrN3O2S2/c1-10-9-13(25-14(10)12-7-8-12)22-17(19)20-21-18(22)26-15(16(23)24)11-5-3-2-4-6-11/h2-3,5,9,12,15H,4,6-8H2,1H3,(H,23,24). The molecule has 1 fully saturated rings. The van der Waals surface area contributed by atoms with Gasteiger partial charge in [-0.1, -0.05) is 30.0 Å². The molecule has 1 unspecified atom stereocenters. The predicted molar refractivity (Wildman–Crippen MR) is 107 cm³/mol. The Morgan fingerprint density at radius 3 is 2.92 bits per heavy atom. The van der Waals surface area contributed by atoms with E-state index in [2.05, 4.69) is 45.2 Å². The molecule has 2 heterocycles. The summed E-state index contributed by atoms with van der Waals surface area (Å²) in [6.07, 6.45) is 10.1. The fraction of sp³-hybridized carbons (Fsp3) is 0.389. The molecule has 0 saturated heterocycles. The molecule has 1 saturated carbocycles. The number of thioether (sulfide) groups is 1. The third-order valence-electron chi connectivity index (χ3n) is 4.54. The average Bonchev–Trinajstić information content (AvgIpc) is 3.30. The normalized spacial score (nSPS) is 18.0. The quantitative estimate of drug-likeness (QED) is 0.618. The van der Waals surface area contributed by atoms with E-state index in [4.69, 9.17) is 0 Å². The van der Waals surface area contributed by atoms with E-state index >= 15 is 0 Å². The third-order valence-corrected chi connectivity index (χ3v) is 7.65. The summed E-state index contributed by atoms with van der Waals surface area (Å²) >= 11 is 6.48. The Hall–Kier alpha value is -1.38. The van der Waals surface area contributed by atoms with Gasteiger partial charge in [-0.3, -0.25) is 9.36 Å². The molecule has 0 aromatic carbocycles. The molecular weight excluding hydrogens is 434 g/mol. The fourth-order valence-corrected chi connectivity index (χ4v) is 6.20. The minimum Gasteiger partial charge on any atom is -0.480 e. The lowest BCUT2D eigenvalue weighted by atomic mass is 10.0. The summed E-state index contributed by atoms with van der Waals surface area (Å²) in [6, 6.07) is 2.15. The van der Waals surface area contributed by atoms with Gasteiger partial charge < -0.3 is 5.11 Å². The van der Waals surface area contributed by atoms with Gasteiger partial charge in [0, 0.05) is 4.88 Å². The van der Waals surface area contributed by atoms with Crippen molar-refractivity contribution in [1.29, 1.82) is 0 Å². The third kappa shape index (κ3) is 3.54. The van der Waals surface area contributed by atoms with Crippen LogP contribution in [0.1, 0.15) is 42.0 Å². The monoisotopic (exact) mass is 451 g/mol. The Balaban J connectivity index is 1.67. The largest absolute Gasteiger partial charge is 0.480 e. The first-order valence-corrected chi connectivity index (χ1v) is 11.0. The van der Waals surface area contributed by atoms with E-state index in [1.165, 1.54) is 35.0 Å². The van der Waals surface area contributed by atoms with E-state index in [9.17, 15) is 9.90 Å². The Morgan fingerprint density at radius 2 is 2.27 bits per heavy atom. The summed E-state index contributed by atoms with van der Waals surface area (Å²) in [7, 11) is 0. The molecule has 5 nitrogen and oxygen atoms in total. The minimum absolute atomic E-state index is 0.600. The second kappa shape index (κ2) is 7.32. The number of carbonyl (C=O) groups is 1. The number of hydrogen-bond acceptors (Lipinski definition) is 5. The summed E-state index contributed by atoms with van der Waals surface area (Å²) in [5.41, 5.74) is 2.20. The molecule has 0 radical (unpaired) electrons. The Kier molecular flexibility index (Phi) is 5.07. The van der Waals surface area contributed by atoms with Crippen molar-refractivity contribution in [2.75, 3.05) is 0 Å². The first kappa shape index (κ1) is 18.0. The van der Waals surface area contributed by atoms with Crippen molar-refractivity contribution >= 4 is 45.0 Å². The van der Waals surface area contributed by atoms with Crippen molar-refractivity contribution in [3.63, 3.8) is 0 Å². The van der Waals surface area contributed by atoms with Gasteiger partial charge >= 0.3 is 5.97 Å². The topological polar surface area (TPSA) is 68.0 Å². The van der Waals surface area contributed by atoms with Crippen LogP contribution in [0.5, 0.6) is 0 Å². The van der Waals surface area contributed by atoms with Crippen LogP contribution in [0.4, 0.5) is 0 Å². The SMILES string of the molecule is Cc1cc(-n2c(Br)nnc2SC(C(=O)O)C2=CC=CCC2)sc1C1CC1. The molecular formula is C18H18BrN3O2S2. The highest BCUT2D eigenvalue weighted by molar-refractivity contribution is 9.10. The fourth-order valence-electron chi connectivity index (χ4n) is 3.08. The summed E-state index contributed by atoms with van der Waals surface area (Å²) in [6.45, 7) is 2.14. The van der Waals surface area contributed by atoms with E-state index in [-0.39, 0.29) is 0 Å². The molecule has 2 aromatic heterocycles. The minimum atomic E-state index is -0.844. The Morgan fingerprint density at radius 1 is 1.46 bits per heavy atom. The van der Waals surface area contributed by atoms with Gasteiger partial charge in [0.25, 0.3) is 0 Å². The first-order chi connectivity index (χ1) is 12.5. The lowest BCUT2D eigenvalue weighted by molar-refractivity contribution is -0.135. The molecule has 8 heteroatoms. The Bertz CT molecular complexity index is 912. The van der Waals surface area contributed by atoms with Crippen molar-refractivity contribution < 1.29 is 9.90 Å². The van der Waals surface area contributed by atoms with Crippen LogP contribution in [0.3, 0.4) is 0 Å². The molecule has 2 aliphatic carbocycles. The summed E-state index contributed by atoms with van der Waals surface area (Å²) in [4.78, 5) is 13.3. The van der Waals surface area contributed by atoms with E-state index in [1.54, 1.807) is 11.3 Å². The zero-order valence-corrected chi connectivity index (χ0v) is 17.4. The zero-order chi connectivity index (χ0) is 18.3. The Labute approximate surface area is 168 Å². The summed E-state index contributed by atoms with van der Waals surface area (Å²) in [5.74, 6) is -0.158. The maximum Gasteiger partial charge on any atom is 0.321 e. The van der Waals surface area contributed by atoms with Gasteiger partial charge in [-0.05, 0) is 71.7 Å². The van der Waals surface area contributed by atoms with E-state index in [0.717, 1.165) is 23.4 Å². The molecule has 0 bridgehead atoms. The summed E-state index contributed by atoms with van der Waals surface area (Å²) in [5, 5.41) is 19.1. The second-order valence-electron chi connectivity index (χ2n) is 6.54. The van der Waals surface area contributed by atoms with Crippen molar-refractivity contribution in [3.8, 4) is 5.00 Å². The van der Waals surface area contributed by atoms with E-state index in [1.807, 2.05) is 16.7 Å². The molecule has 1 N–H and O–H groups in total. The molecule has 4 rings (SSSR count). The van der Waals surface area contributed by atoms with Crippen LogP contribution < -0.4 is 0 Å². The van der Waals surface area contributed by atoms with Gasteiger partial charge in [-0.25, -0.2) is 0 Å². The number of thiophene rings is 1. The number of aliphatic carboxylic acids is 1. The van der Waals surface area contributed by atoms with Crippen LogP contribution in [0.15, 0.2) is 39.8 Å². The van der Waals surface area contributed by atoms with Gasteiger partial charge in [0.05, 0.1) is 0 Å². The molecule has 0 amide bonds. The van der Waals surface area contributed by atoms with Gasteiger partial charge in [-0.15, -0.1) is 21.5 Å². The number of nitrogens with zero attached hydrogens (tertiary/aromatic N) is 3. The number of carboxylic acid groups (broad SMARTS) is 1. The average molecular weight is 452 g/mol. The first-order valence-electron chi connectivity index (χ1n) is 8.51. The van der Waals surface area contributed by atoms with Crippen LogP contribution in [-0.4, -0.2) is 31.1 Å². The highest BCUT2D eigenvalue weighted by Crippen LogP contribution is 2.46. The van der Waals surface area contributed by atoms with Crippen LogP contribution in [0, 0.1) is 6.92 Å². The van der Waals surface area contributed by atoms with Crippen LogP contribution >= 0.6 is 39.0 Å². The highest BCUT2D eigenvalue weighted by atomic mass is 79.9. The summed E-state index contributed by atoms with van der Waals surface area (Å²) < 4.78 is 2.52. The van der Waals surface area contributed by atoms with Gasteiger partial charge in [-0.2, -0.15) is 0 Å². The van der Waals surface area contributed by atoms with Crippen molar-refractivity contribution in [2.45, 2.75) is 48.9 Å². The molecule has 1 atom stereocenters. The molecule has 136 valence electrons. The molecule has 2 aromatic rings. The van der Waals surface area contributed by atoms with Crippen LogP contribution in [0.2, 0.25) is 0 Å². The van der Waals surface area contributed by atoms with Crippen molar-refractivity contribution in [3.05, 3.63) is 45.0 Å². The van der Waals surface area contributed by atoms with Gasteiger partial charge in [0.15, 0.2) is 5.16 Å². The molecule has 0 aliphatic heterocycles.